The molecular weight excluding hydrogens is 358 g/mol. The van der Waals surface area contributed by atoms with E-state index in [0.717, 1.165) is 25.9 Å². The van der Waals surface area contributed by atoms with E-state index in [2.05, 4.69) is 12.1 Å². The number of benzene rings is 2. The van der Waals surface area contributed by atoms with E-state index in [-0.39, 0.29) is 5.91 Å². The summed E-state index contributed by atoms with van der Waals surface area (Å²) < 4.78 is 10.8. The van der Waals surface area contributed by atoms with E-state index in [4.69, 9.17) is 14.6 Å². The standard InChI is InChI=1S/C22H25NO5/c1-2-27-20-13-18(8-9-19(20)28-15-21(24)25)22(26)23-11-10-17(14-23)12-16-6-4-3-5-7-16/h3-9,13,17H,2,10-12,14-15H2,1H3,(H,24,25). The first-order chi connectivity index (χ1) is 13.6. The molecule has 2 aromatic carbocycles. The monoisotopic (exact) mass is 383 g/mol. The van der Waals surface area contributed by atoms with Crippen LogP contribution in [0.15, 0.2) is 48.5 Å². The maximum absolute atomic E-state index is 12.9. The van der Waals surface area contributed by atoms with Crippen molar-refractivity contribution in [3.8, 4) is 11.5 Å². The van der Waals surface area contributed by atoms with Crippen molar-refractivity contribution in [1.29, 1.82) is 0 Å². The van der Waals surface area contributed by atoms with E-state index in [9.17, 15) is 9.59 Å². The first kappa shape index (κ1) is 19.7. The SMILES string of the molecule is CCOc1cc(C(=O)N2CCC(Cc3ccccc3)C2)ccc1OCC(=O)O. The molecule has 0 aromatic heterocycles. The highest BCUT2D eigenvalue weighted by molar-refractivity contribution is 5.95. The van der Waals surface area contributed by atoms with Gasteiger partial charge >= 0.3 is 5.97 Å². The predicted octanol–water partition coefficient (Wildman–Crippen LogP) is 3.25. The van der Waals surface area contributed by atoms with Crippen LogP contribution in [0.1, 0.15) is 29.3 Å². The third kappa shape index (κ3) is 5.03. The third-order valence-electron chi connectivity index (χ3n) is 4.78. The Morgan fingerprint density at radius 3 is 2.61 bits per heavy atom. The number of nitrogens with zero attached hydrogens (tertiary/aromatic N) is 1. The molecule has 3 rings (SSSR count). The fraction of sp³-hybridized carbons (Fsp3) is 0.364. The lowest BCUT2D eigenvalue weighted by Gasteiger charge is -2.18. The molecule has 1 amide bonds. The summed E-state index contributed by atoms with van der Waals surface area (Å²) in [4.78, 5) is 25.5. The van der Waals surface area contributed by atoms with Gasteiger partial charge in [0.1, 0.15) is 0 Å². The zero-order valence-corrected chi connectivity index (χ0v) is 16.0. The highest BCUT2D eigenvalue weighted by Gasteiger charge is 2.27. The first-order valence-corrected chi connectivity index (χ1v) is 9.51. The lowest BCUT2D eigenvalue weighted by Crippen LogP contribution is -2.29. The van der Waals surface area contributed by atoms with Gasteiger partial charge in [0, 0.05) is 18.7 Å². The average Bonchev–Trinajstić information content (AvgIpc) is 3.15. The summed E-state index contributed by atoms with van der Waals surface area (Å²) >= 11 is 0. The summed E-state index contributed by atoms with van der Waals surface area (Å²) in [5, 5.41) is 8.79. The fourth-order valence-electron chi connectivity index (χ4n) is 3.48. The number of carbonyl (C=O) groups is 2. The van der Waals surface area contributed by atoms with Crippen molar-refractivity contribution >= 4 is 11.9 Å². The van der Waals surface area contributed by atoms with E-state index < -0.39 is 12.6 Å². The Morgan fingerprint density at radius 1 is 1.11 bits per heavy atom. The van der Waals surface area contributed by atoms with Crippen molar-refractivity contribution in [1.82, 2.24) is 4.90 Å². The number of ether oxygens (including phenoxy) is 2. The Labute approximate surface area is 164 Å². The Morgan fingerprint density at radius 2 is 1.89 bits per heavy atom. The van der Waals surface area contributed by atoms with Gasteiger partial charge in [0.05, 0.1) is 6.61 Å². The van der Waals surface area contributed by atoms with Gasteiger partial charge in [-0.25, -0.2) is 4.79 Å². The normalized spacial score (nSPS) is 16.0. The molecule has 1 heterocycles. The number of carbonyl (C=O) groups excluding carboxylic acids is 1. The molecule has 28 heavy (non-hydrogen) atoms. The maximum atomic E-state index is 12.9. The summed E-state index contributed by atoms with van der Waals surface area (Å²) in [5.74, 6) is 0.0557. The highest BCUT2D eigenvalue weighted by Crippen LogP contribution is 2.30. The number of hydrogen-bond acceptors (Lipinski definition) is 4. The van der Waals surface area contributed by atoms with E-state index in [0.29, 0.717) is 29.6 Å². The topological polar surface area (TPSA) is 76.1 Å². The van der Waals surface area contributed by atoms with Crippen LogP contribution in [0.4, 0.5) is 0 Å². The molecule has 148 valence electrons. The van der Waals surface area contributed by atoms with Crippen LogP contribution in [0.5, 0.6) is 11.5 Å². The van der Waals surface area contributed by atoms with Crippen molar-refractivity contribution < 1.29 is 24.2 Å². The van der Waals surface area contributed by atoms with Crippen LogP contribution < -0.4 is 9.47 Å². The van der Waals surface area contributed by atoms with Crippen molar-refractivity contribution in [3.63, 3.8) is 0 Å². The molecular formula is C22H25NO5. The number of likely N-dealkylation sites (tertiary alicyclic amines) is 1. The summed E-state index contributed by atoms with van der Waals surface area (Å²) in [6.07, 6.45) is 1.95. The quantitative estimate of drug-likeness (QED) is 0.757. The second-order valence-electron chi connectivity index (χ2n) is 6.87. The van der Waals surface area contributed by atoms with Gasteiger partial charge in [-0.3, -0.25) is 4.79 Å². The van der Waals surface area contributed by atoms with E-state index >= 15 is 0 Å². The van der Waals surface area contributed by atoms with Gasteiger partial charge < -0.3 is 19.5 Å². The van der Waals surface area contributed by atoms with Crippen molar-refractivity contribution in [2.24, 2.45) is 5.92 Å². The van der Waals surface area contributed by atoms with Crippen molar-refractivity contribution in [2.45, 2.75) is 19.8 Å². The van der Waals surface area contributed by atoms with Crippen LogP contribution in [0.3, 0.4) is 0 Å². The summed E-state index contributed by atoms with van der Waals surface area (Å²) in [5.41, 5.74) is 1.81. The Kier molecular flexibility index (Phi) is 6.53. The van der Waals surface area contributed by atoms with Gasteiger partial charge in [-0.2, -0.15) is 0 Å². The molecule has 2 aromatic rings. The molecule has 6 nitrogen and oxygen atoms in total. The minimum atomic E-state index is -1.07. The van der Waals surface area contributed by atoms with Crippen LogP contribution in [0.2, 0.25) is 0 Å². The molecule has 0 saturated carbocycles. The second kappa shape index (κ2) is 9.26. The molecule has 0 aliphatic carbocycles. The fourth-order valence-corrected chi connectivity index (χ4v) is 3.48. The summed E-state index contributed by atoms with van der Waals surface area (Å²) in [6, 6.07) is 15.2. The third-order valence-corrected chi connectivity index (χ3v) is 4.78. The number of aliphatic carboxylic acids is 1. The predicted molar refractivity (Wildman–Crippen MR) is 105 cm³/mol. The molecule has 0 radical (unpaired) electrons. The molecule has 6 heteroatoms. The largest absolute Gasteiger partial charge is 0.490 e. The smallest absolute Gasteiger partial charge is 0.341 e. The molecule has 1 N–H and O–H groups in total. The Bertz CT molecular complexity index is 821. The molecule has 1 aliphatic heterocycles. The lowest BCUT2D eigenvalue weighted by molar-refractivity contribution is -0.139. The number of carboxylic acids is 1. The van der Waals surface area contributed by atoms with Gasteiger partial charge in [0.2, 0.25) is 0 Å². The molecule has 1 fully saturated rings. The first-order valence-electron chi connectivity index (χ1n) is 9.51. The highest BCUT2D eigenvalue weighted by atomic mass is 16.5. The molecule has 0 bridgehead atoms. The van der Waals surface area contributed by atoms with E-state index in [1.807, 2.05) is 30.0 Å². The van der Waals surface area contributed by atoms with Gasteiger partial charge in [-0.1, -0.05) is 30.3 Å². The van der Waals surface area contributed by atoms with Crippen LogP contribution in [0, 0.1) is 5.92 Å². The summed E-state index contributed by atoms with van der Waals surface area (Å²) in [6.45, 7) is 3.22. The Balaban J connectivity index is 1.66. The van der Waals surface area contributed by atoms with Crippen molar-refractivity contribution in [3.05, 3.63) is 59.7 Å². The number of carboxylic acid groups (broad SMARTS) is 1. The maximum Gasteiger partial charge on any atom is 0.341 e. The van der Waals surface area contributed by atoms with Gasteiger partial charge in [0.25, 0.3) is 5.91 Å². The molecule has 1 saturated heterocycles. The average molecular weight is 383 g/mol. The minimum Gasteiger partial charge on any atom is -0.490 e. The number of amides is 1. The van der Waals surface area contributed by atoms with Crippen molar-refractivity contribution in [2.75, 3.05) is 26.3 Å². The van der Waals surface area contributed by atoms with Gasteiger partial charge in [-0.15, -0.1) is 0 Å². The van der Waals surface area contributed by atoms with Gasteiger partial charge in [-0.05, 0) is 49.4 Å². The van der Waals surface area contributed by atoms with E-state index in [1.54, 1.807) is 18.2 Å². The zero-order chi connectivity index (χ0) is 19.9. The van der Waals surface area contributed by atoms with Crippen LogP contribution in [0.25, 0.3) is 0 Å². The number of hydrogen-bond donors (Lipinski definition) is 1. The molecule has 1 atom stereocenters. The van der Waals surface area contributed by atoms with E-state index in [1.165, 1.54) is 5.56 Å². The molecule has 0 spiro atoms. The second-order valence-corrected chi connectivity index (χ2v) is 6.87. The van der Waals surface area contributed by atoms with Crippen LogP contribution in [-0.2, 0) is 11.2 Å². The van der Waals surface area contributed by atoms with Crippen LogP contribution in [-0.4, -0.2) is 48.2 Å². The summed E-state index contributed by atoms with van der Waals surface area (Å²) in [7, 11) is 0. The number of rotatable bonds is 8. The zero-order valence-electron chi connectivity index (χ0n) is 16.0. The molecule has 1 aliphatic rings. The van der Waals surface area contributed by atoms with Crippen LogP contribution >= 0.6 is 0 Å². The molecule has 1 unspecified atom stereocenters. The van der Waals surface area contributed by atoms with Gasteiger partial charge in [0.15, 0.2) is 18.1 Å². The minimum absolute atomic E-state index is 0.0405. The Hall–Kier alpha value is -3.02. The lowest BCUT2D eigenvalue weighted by atomic mass is 9.99.